The molecule has 6 nitrogen and oxygen atoms in total. The highest BCUT2D eigenvalue weighted by molar-refractivity contribution is 6.10. The summed E-state index contributed by atoms with van der Waals surface area (Å²) in [6.45, 7) is 1.23. The predicted molar refractivity (Wildman–Crippen MR) is 88.5 cm³/mol. The third-order valence-electron chi connectivity index (χ3n) is 3.93. The van der Waals surface area contributed by atoms with Gasteiger partial charge in [-0.2, -0.15) is 5.26 Å². The molecule has 0 N–H and O–H groups in total. The number of carbonyl (C=O) groups is 2. The molecule has 1 amide bonds. The first-order valence-electron chi connectivity index (χ1n) is 7.73. The Bertz CT molecular complexity index is 685. The van der Waals surface area contributed by atoms with Crippen molar-refractivity contribution in [2.45, 2.75) is 12.8 Å². The molecule has 0 saturated carbocycles. The maximum Gasteiger partial charge on any atom is 0.247 e. The average Bonchev–Trinajstić information content (AvgIpc) is 3.14. The topological polar surface area (TPSA) is 79.6 Å². The monoisotopic (exact) mass is 328 g/mol. The molecule has 0 unspecified atom stereocenters. The average molecular weight is 328 g/mol. The number of rotatable bonds is 6. The van der Waals surface area contributed by atoms with E-state index in [0.717, 1.165) is 12.8 Å². The van der Waals surface area contributed by atoms with Gasteiger partial charge in [0.2, 0.25) is 5.91 Å². The van der Waals surface area contributed by atoms with Crippen LogP contribution in [0.1, 0.15) is 18.4 Å². The summed E-state index contributed by atoms with van der Waals surface area (Å²) in [5.41, 5.74) is 0.714. The first-order valence-corrected chi connectivity index (χ1v) is 7.73. The van der Waals surface area contributed by atoms with Crippen LogP contribution in [0.3, 0.4) is 0 Å². The van der Waals surface area contributed by atoms with Crippen molar-refractivity contribution < 1.29 is 19.1 Å². The molecule has 24 heavy (non-hydrogen) atoms. The van der Waals surface area contributed by atoms with E-state index in [1.54, 1.807) is 36.3 Å². The van der Waals surface area contributed by atoms with Crippen molar-refractivity contribution in [1.82, 2.24) is 4.90 Å². The second-order valence-electron chi connectivity index (χ2n) is 5.44. The van der Waals surface area contributed by atoms with Crippen LogP contribution in [-0.4, -0.2) is 43.9 Å². The van der Waals surface area contributed by atoms with Crippen LogP contribution in [0.2, 0.25) is 0 Å². The number of nitriles is 1. The molecule has 1 heterocycles. The highest BCUT2D eigenvalue weighted by Gasteiger charge is 2.30. The lowest BCUT2D eigenvalue weighted by molar-refractivity contribution is -0.136. The Labute approximate surface area is 141 Å². The molecule has 1 aliphatic heterocycles. The van der Waals surface area contributed by atoms with Gasteiger partial charge in [0.1, 0.15) is 0 Å². The molecule has 0 radical (unpaired) electrons. The van der Waals surface area contributed by atoms with E-state index >= 15 is 0 Å². The number of ether oxygens (including phenoxy) is 2. The summed E-state index contributed by atoms with van der Waals surface area (Å²) >= 11 is 0. The lowest BCUT2D eigenvalue weighted by Gasteiger charge is -2.17. The number of ketones is 1. The van der Waals surface area contributed by atoms with Gasteiger partial charge in [-0.3, -0.25) is 9.59 Å². The number of hydrogen-bond acceptors (Lipinski definition) is 5. The van der Waals surface area contributed by atoms with Gasteiger partial charge in [-0.25, -0.2) is 0 Å². The van der Waals surface area contributed by atoms with Crippen LogP contribution in [0.15, 0.2) is 24.3 Å². The predicted octanol–water partition coefficient (Wildman–Crippen LogP) is 2.05. The number of hydrogen-bond donors (Lipinski definition) is 0. The summed E-state index contributed by atoms with van der Waals surface area (Å²) in [5, 5.41) is 9.19. The van der Waals surface area contributed by atoms with Gasteiger partial charge in [0.05, 0.1) is 20.3 Å². The minimum absolute atomic E-state index is 0.406. The van der Waals surface area contributed by atoms with Crippen LogP contribution in [0.4, 0.5) is 0 Å². The molecule has 1 fully saturated rings. The second-order valence-corrected chi connectivity index (χ2v) is 5.44. The maximum atomic E-state index is 12.2. The Morgan fingerprint density at radius 3 is 2.46 bits per heavy atom. The normalized spacial score (nSPS) is 15.1. The molecule has 0 aromatic heterocycles. The van der Waals surface area contributed by atoms with Gasteiger partial charge in [-0.1, -0.05) is 12.1 Å². The summed E-state index contributed by atoms with van der Waals surface area (Å²) < 4.78 is 10.4. The van der Waals surface area contributed by atoms with E-state index in [4.69, 9.17) is 9.47 Å². The SMILES string of the molecule is COc1ccc(/C=C/C(=O)[C@@H](C#N)C(=O)N2CCCC2)cc1OC. The zero-order valence-corrected chi connectivity index (χ0v) is 13.8. The lowest BCUT2D eigenvalue weighted by atomic mass is 10.0. The number of carbonyl (C=O) groups excluding carboxylic acids is 2. The van der Waals surface area contributed by atoms with Crippen LogP contribution >= 0.6 is 0 Å². The van der Waals surface area contributed by atoms with Gasteiger partial charge in [-0.15, -0.1) is 0 Å². The van der Waals surface area contributed by atoms with Crippen molar-refractivity contribution in [2.24, 2.45) is 5.92 Å². The molecular weight excluding hydrogens is 308 g/mol. The fourth-order valence-corrected chi connectivity index (χ4v) is 2.59. The Hall–Kier alpha value is -2.81. The number of likely N-dealkylation sites (tertiary alicyclic amines) is 1. The molecule has 1 aromatic rings. The molecule has 0 bridgehead atoms. The van der Waals surface area contributed by atoms with Crippen LogP contribution in [0.25, 0.3) is 6.08 Å². The number of benzene rings is 1. The fourth-order valence-electron chi connectivity index (χ4n) is 2.59. The molecule has 6 heteroatoms. The number of methoxy groups -OCH3 is 2. The van der Waals surface area contributed by atoms with Gasteiger partial charge < -0.3 is 14.4 Å². The Morgan fingerprint density at radius 1 is 1.21 bits per heavy atom. The van der Waals surface area contributed by atoms with E-state index in [1.807, 2.05) is 6.07 Å². The minimum Gasteiger partial charge on any atom is -0.493 e. The highest BCUT2D eigenvalue weighted by Crippen LogP contribution is 2.28. The van der Waals surface area contributed by atoms with E-state index in [2.05, 4.69) is 0 Å². The van der Waals surface area contributed by atoms with Crippen LogP contribution in [0.5, 0.6) is 11.5 Å². The van der Waals surface area contributed by atoms with E-state index in [-0.39, 0.29) is 0 Å². The quantitative estimate of drug-likeness (QED) is 0.590. The van der Waals surface area contributed by atoms with Crippen molar-refractivity contribution in [3.63, 3.8) is 0 Å². The van der Waals surface area contributed by atoms with E-state index in [1.165, 1.54) is 13.2 Å². The van der Waals surface area contributed by atoms with Crippen LogP contribution < -0.4 is 9.47 Å². The zero-order valence-electron chi connectivity index (χ0n) is 13.8. The summed E-state index contributed by atoms with van der Waals surface area (Å²) in [4.78, 5) is 26.0. The molecule has 126 valence electrons. The molecule has 2 rings (SSSR count). The molecule has 1 aliphatic rings. The van der Waals surface area contributed by atoms with Crippen molar-refractivity contribution in [3.8, 4) is 17.6 Å². The van der Waals surface area contributed by atoms with E-state index in [0.29, 0.717) is 30.2 Å². The van der Waals surface area contributed by atoms with Gasteiger partial charge in [0.25, 0.3) is 0 Å². The summed E-state index contributed by atoms with van der Waals surface area (Å²) in [7, 11) is 3.06. The summed E-state index contributed by atoms with van der Waals surface area (Å²) in [5.74, 6) is -1.07. The standard InChI is InChI=1S/C18H20N2O4/c1-23-16-8-6-13(11-17(16)24-2)5-7-15(21)14(12-19)18(22)20-9-3-4-10-20/h5-8,11,14H,3-4,9-10H2,1-2H3/b7-5+/t14-/m1/s1. The Kier molecular flexibility index (Phi) is 5.96. The van der Waals surface area contributed by atoms with Crippen molar-refractivity contribution >= 4 is 17.8 Å². The Morgan fingerprint density at radius 2 is 1.88 bits per heavy atom. The van der Waals surface area contributed by atoms with Crippen molar-refractivity contribution in [3.05, 3.63) is 29.8 Å². The van der Waals surface area contributed by atoms with Crippen LogP contribution in [-0.2, 0) is 9.59 Å². The minimum atomic E-state index is -1.28. The molecule has 1 atom stereocenters. The van der Waals surface area contributed by atoms with E-state index in [9.17, 15) is 14.9 Å². The van der Waals surface area contributed by atoms with Gasteiger partial charge in [0.15, 0.2) is 23.2 Å². The first-order chi connectivity index (χ1) is 11.6. The summed E-state index contributed by atoms with van der Waals surface area (Å²) in [6.07, 6.45) is 4.66. The summed E-state index contributed by atoms with van der Waals surface area (Å²) in [6, 6.07) is 7.01. The molecule has 1 saturated heterocycles. The van der Waals surface area contributed by atoms with Crippen LogP contribution in [0, 0.1) is 17.2 Å². The fraction of sp³-hybridized carbons (Fsp3) is 0.389. The second kappa shape index (κ2) is 8.16. The molecule has 1 aromatic carbocycles. The molecule has 0 spiro atoms. The third-order valence-corrected chi connectivity index (χ3v) is 3.93. The Balaban J connectivity index is 2.10. The smallest absolute Gasteiger partial charge is 0.247 e. The van der Waals surface area contributed by atoms with Gasteiger partial charge >= 0.3 is 0 Å². The number of amides is 1. The van der Waals surface area contributed by atoms with Crippen molar-refractivity contribution in [1.29, 1.82) is 5.26 Å². The number of nitrogens with zero attached hydrogens (tertiary/aromatic N) is 2. The maximum absolute atomic E-state index is 12.2. The lowest BCUT2D eigenvalue weighted by Crippen LogP contribution is -2.36. The number of allylic oxidation sites excluding steroid dienone is 1. The zero-order chi connectivity index (χ0) is 17.5. The van der Waals surface area contributed by atoms with Crippen molar-refractivity contribution in [2.75, 3.05) is 27.3 Å². The highest BCUT2D eigenvalue weighted by atomic mass is 16.5. The van der Waals surface area contributed by atoms with Gasteiger partial charge in [-0.05, 0) is 36.6 Å². The third kappa shape index (κ3) is 3.93. The van der Waals surface area contributed by atoms with E-state index < -0.39 is 17.6 Å². The first kappa shape index (κ1) is 17.5. The largest absolute Gasteiger partial charge is 0.493 e. The van der Waals surface area contributed by atoms with Gasteiger partial charge in [0, 0.05) is 13.1 Å². The molecule has 0 aliphatic carbocycles. The molecular formula is C18H20N2O4.